The summed E-state index contributed by atoms with van der Waals surface area (Å²) in [5, 5.41) is 4.32. The van der Waals surface area contributed by atoms with Crippen LogP contribution in [0.25, 0.3) is 22.4 Å². The minimum absolute atomic E-state index is 0.532. The van der Waals surface area contributed by atoms with E-state index in [9.17, 15) is 0 Å². The van der Waals surface area contributed by atoms with Crippen LogP contribution < -0.4 is 10.1 Å². The fraction of sp³-hybridized carbons (Fsp3) is 0.267. The van der Waals surface area contributed by atoms with E-state index in [-0.39, 0.29) is 0 Å². The van der Waals surface area contributed by atoms with Crippen molar-refractivity contribution in [3.8, 4) is 17.3 Å². The second-order valence-corrected chi connectivity index (χ2v) is 9.98. The molecule has 0 spiro atoms. The lowest BCUT2D eigenvalue weighted by molar-refractivity contribution is 0.147. The largest absolute Gasteiger partial charge is 0.489 e. The van der Waals surface area contributed by atoms with E-state index in [1.54, 1.807) is 12.5 Å². The summed E-state index contributed by atoms with van der Waals surface area (Å²) in [6, 6.07) is 20.0. The van der Waals surface area contributed by atoms with Gasteiger partial charge < -0.3 is 19.5 Å². The Kier molecular flexibility index (Phi) is 7.16. The molecular formula is C30H32N8O. The summed E-state index contributed by atoms with van der Waals surface area (Å²) in [4.78, 5) is 23.4. The Morgan fingerprint density at radius 1 is 0.897 bits per heavy atom. The predicted octanol–water partition coefficient (Wildman–Crippen LogP) is 4.50. The standard InChI is InChI=1S/C30H32N8O/c1-36-12-14-38(15-13-36)19-24-18-37(2)30(35-24)27-16-26-28(17-31-27)32-21-33-29(26)34-23-8-10-25(11-9-23)39-20-22-6-4-3-5-7-22/h3-11,16-18,21H,12-15,19-20H2,1-2H3,(H,32,33,34). The van der Waals surface area contributed by atoms with E-state index < -0.39 is 0 Å². The van der Waals surface area contributed by atoms with E-state index >= 15 is 0 Å². The van der Waals surface area contributed by atoms with Crippen molar-refractivity contribution in [2.75, 3.05) is 38.5 Å². The van der Waals surface area contributed by atoms with E-state index in [1.165, 1.54) is 0 Å². The highest BCUT2D eigenvalue weighted by atomic mass is 16.5. The van der Waals surface area contributed by atoms with Crippen molar-refractivity contribution in [1.82, 2.24) is 34.3 Å². The summed E-state index contributed by atoms with van der Waals surface area (Å²) in [6.07, 6.45) is 5.44. The van der Waals surface area contributed by atoms with Crippen LogP contribution in [0.1, 0.15) is 11.3 Å². The van der Waals surface area contributed by atoms with Gasteiger partial charge in [0.1, 0.15) is 30.2 Å². The Morgan fingerprint density at radius 3 is 2.49 bits per heavy atom. The van der Waals surface area contributed by atoms with Crippen LogP contribution in [0.3, 0.4) is 0 Å². The van der Waals surface area contributed by atoms with Gasteiger partial charge in [-0.05, 0) is 42.9 Å². The van der Waals surface area contributed by atoms with Gasteiger partial charge >= 0.3 is 0 Å². The summed E-state index contributed by atoms with van der Waals surface area (Å²) in [7, 11) is 4.19. The third-order valence-corrected chi connectivity index (χ3v) is 7.02. The number of aryl methyl sites for hydroxylation is 1. The van der Waals surface area contributed by atoms with Crippen molar-refractivity contribution in [3.63, 3.8) is 0 Å². The fourth-order valence-electron chi connectivity index (χ4n) is 4.77. The van der Waals surface area contributed by atoms with Crippen LogP contribution in [0.15, 0.2) is 79.4 Å². The van der Waals surface area contributed by atoms with E-state index in [0.717, 1.165) is 77.8 Å². The Balaban J connectivity index is 1.18. The molecule has 0 aliphatic carbocycles. The number of anilines is 2. The first kappa shape index (κ1) is 25.0. The monoisotopic (exact) mass is 520 g/mol. The van der Waals surface area contributed by atoms with E-state index in [4.69, 9.17) is 9.72 Å². The van der Waals surface area contributed by atoms with E-state index in [0.29, 0.717) is 12.4 Å². The summed E-state index contributed by atoms with van der Waals surface area (Å²) >= 11 is 0. The number of imidazole rings is 1. The Morgan fingerprint density at radius 2 is 1.69 bits per heavy atom. The lowest BCUT2D eigenvalue weighted by Gasteiger charge is -2.31. The molecule has 0 bridgehead atoms. The maximum atomic E-state index is 5.92. The van der Waals surface area contributed by atoms with Gasteiger partial charge in [0.25, 0.3) is 0 Å². The third kappa shape index (κ3) is 5.89. The Hall–Kier alpha value is -4.34. The molecule has 5 aromatic rings. The molecule has 1 fully saturated rings. The highest BCUT2D eigenvalue weighted by Crippen LogP contribution is 2.27. The summed E-state index contributed by atoms with van der Waals surface area (Å²) in [6.45, 7) is 5.67. The minimum Gasteiger partial charge on any atom is -0.489 e. The molecule has 9 heteroatoms. The van der Waals surface area contributed by atoms with Crippen LogP contribution in [-0.4, -0.2) is 67.5 Å². The van der Waals surface area contributed by atoms with Gasteiger partial charge in [-0.1, -0.05) is 30.3 Å². The molecule has 3 aromatic heterocycles. The molecule has 198 valence electrons. The van der Waals surface area contributed by atoms with Gasteiger partial charge in [0.2, 0.25) is 0 Å². The van der Waals surface area contributed by atoms with Crippen LogP contribution in [-0.2, 0) is 20.2 Å². The smallest absolute Gasteiger partial charge is 0.158 e. The Labute approximate surface area is 228 Å². The molecule has 0 unspecified atom stereocenters. The SMILES string of the molecule is CN1CCN(Cc2cn(C)c(-c3cc4c(Nc5ccc(OCc6ccccc6)cc5)ncnc4cn3)n2)CC1. The quantitative estimate of drug-likeness (QED) is 0.320. The van der Waals surface area contributed by atoms with Crippen molar-refractivity contribution in [3.05, 3.63) is 90.6 Å². The summed E-state index contributed by atoms with van der Waals surface area (Å²) in [5.74, 6) is 2.36. The topological polar surface area (TPSA) is 84.2 Å². The van der Waals surface area contributed by atoms with Crippen LogP contribution >= 0.6 is 0 Å². The molecule has 2 aromatic carbocycles. The van der Waals surface area contributed by atoms with Crippen molar-refractivity contribution in [1.29, 1.82) is 0 Å². The molecule has 0 saturated carbocycles. The van der Waals surface area contributed by atoms with Gasteiger partial charge in [-0.15, -0.1) is 0 Å². The fourth-order valence-corrected chi connectivity index (χ4v) is 4.77. The molecule has 0 atom stereocenters. The average molecular weight is 521 g/mol. The highest BCUT2D eigenvalue weighted by Gasteiger charge is 2.17. The number of likely N-dealkylation sites (N-methyl/N-ethyl adjacent to an activating group) is 1. The lowest BCUT2D eigenvalue weighted by atomic mass is 10.2. The third-order valence-electron chi connectivity index (χ3n) is 7.02. The molecule has 0 amide bonds. The molecule has 4 heterocycles. The number of fused-ring (bicyclic) bond motifs is 1. The molecule has 1 aliphatic rings. The first-order valence-electron chi connectivity index (χ1n) is 13.2. The maximum absolute atomic E-state index is 5.92. The van der Waals surface area contributed by atoms with Gasteiger partial charge in [-0.3, -0.25) is 9.88 Å². The second-order valence-electron chi connectivity index (χ2n) is 9.98. The van der Waals surface area contributed by atoms with Gasteiger partial charge in [0.05, 0.1) is 17.4 Å². The number of nitrogens with one attached hydrogen (secondary N) is 1. The summed E-state index contributed by atoms with van der Waals surface area (Å²) < 4.78 is 7.97. The van der Waals surface area contributed by atoms with Gasteiger partial charge in [0.15, 0.2) is 5.82 Å². The number of ether oxygens (including phenoxy) is 1. The number of nitrogens with zero attached hydrogens (tertiary/aromatic N) is 7. The second kappa shape index (κ2) is 11.2. The molecular weight excluding hydrogens is 488 g/mol. The van der Waals surface area contributed by atoms with Crippen molar-refractivity contribution in [2.45, 2.75) is 13.2 Å². The number of aromatic nitrogens is 5. The number of pyridine rings is 1. The maximum Gasteiger partial charge on any atom is 0.158 e. The zero-order valence-electron chi connectivity index (χ0n) is 22.3. The number of rotatable bonds is 8. The van der Waals surface area contributed by atoms with Crippen molar-refractivity contribution < 1.29 is 4.74 Å². The predicted molar refractivity (Wildman–Crippen MR) is 153 cm³/mol. The molecule has 6 rings (SSSR count). The van der Waals surface area contributed by atoms with Crippen molar-refractivity contribution >= 4 is 22.4 Å². The molecule has 39 heavy (non-hydrogen) atoms. The van der Waals surface area contributed by atoms with Crippen LogP contribution in [0.2, 0.25) is 0 Å². The van der Waals surface area contributed by atoms with Crippen LogP contribution in [0.4, 0.5) is 11.5 Å². The normalized spacial score (nSPS) is 14.5. The molecule has 1 saturated heterocycles. The van der Waals surface area contributed by atoms with Gasteiger partial charge in [0, 0.05) is 57.0 Å². The number of benzene rings is 2. The average Bonchev–Trinajstić information content (AvgIpc) is 3.34. The zero-order valence-corrected chi connectivity index (χ0v) is 22.3. The number of hydrogen-bond acceptors (Lipinski definition) is 8. The molecule has 9 nitrogen and oxygen atoms in total. The Bertz CT molecular complexity index is 1540. The minimum atomic E-state index is 0.532. The number of hydrogen-bond donors (Lipinski definition) is 1. The van der Waals surface area contributed by atoms with Crippen LogP contribution in [0.5, 0.6) is 5.75 Å². The highest BCUT2D eigenvalue weighted by molar-refractivity contribution is 5.92. The number of piperazine rings is 1. The van der Waals surface area contributed by atoms with Gasteiger partial charge in [-0.25, -0.2) is 15.0 Å². The van der Waals surface area contributed by atoms with Crippen molar-refractivity contribution in [2.24, 2.45) is 7.05 Å². The first-order valence-corrected chi connectivity index (χ1v) is 13.2. The van der Waals surface area contributed by atoms with Crippen LogP contribution in [0, 0.1) is 0 Å². The molecule has 0 radical (unpaired) electrons. The van der Waals surface area contributed by atoms with Gasteiger partial charge in [-0.2, -0.15) is 0 Å². The van der Waals surface area contributed by atoms with E-state index in [1.807, 2.05) is 60.1 Å². The zero-order chi connectivity index (χ0) is 26.6. The summed E-state index contributed by atoms with van der Waals surface area (Å²) in [5.41, 5.74) is 4.65. The molecule has 1 aliphatic heterocycles. The van der Waals surface area contributed by atoms with E-state index in [2.05, 4.69) is 55.4 Å². The lowest BCUT2D eigenvalue weighted by Crippen LogP contribution is -2.43. The molecule has 1 N–H and O–H groups in total. The first-order chi connectivity index (χ1) is 19.1.